The fourth-order valence-corrected chi connectivity index (χ4v) is 3.96. The zero-order valence-corrected chi connectivity index (χ0v) is 15.4. The Labute approximate surface area is 156 Å². The second kappa shape index (κ2) is 8.21. The molecular formula is C19H24Cl2N2O. The quantitative estimate of drug-likeness (QED) is 0.877. The first-order valence-corrected chi connectivity index (χ1v) is 8.05. The van der Waals surface area contributed by atoms with Crippen LogP contribution in [0, 0.1) is 0 Å². The normalized spacial score (nSPS) is 22.4. The Bertz CT molecular complexity index is 666. The van der Waals surface area contributed by atoms with Crippen LogP contribution in [0.3, 0.4) is 0 Å². The lowest BCUT2D eigenvalue weighted by atomic mass is 9.80. The van der Waals surface area contributed by atoms with Crippen molar-refractivity contribution < 1.29 is 4.74 Å². The number of rotatable bonds is 2. The third-order valence-corrected chi connectivity index (χ3v) is 5.00. The number of benzene rings is 2. The van der Waals surface area contributed by atoms with Gasteiger partial charge in [0, 0.05) is 43.7 Å². The van der Waals surface area contributed by atoms with E-state index < -0.39 is 0 Å². The Morgan fingerprint density at radius 1 is 1.04 bits per heavy atom. The van der Waals surface area contributed by atoms with Crippen LogP contribution in [-0.2, 0) is 0 Å². The highest BCUT2D eigenvalue weighted by Crippen LogP contribution is 2.44. The molecule has 1 fully saturated rings. The molecule has 0 unspecified atom stereocenters. The molecule has 2 aliphatic rings. The van der Waals surface area contributed by atoms with E-state index >= 15 is 0 Å². The van der Waals surface area contributed by atoms with E-state index in [2.05, 4.69) is 58.7 Å². The fourth-order valence-electron chi connectivity index (χ4n) is 3.96. The van der Waals surface area contributed by atoms with Crippen LogP contribution >= 0.6 is 24.8 Å². The Hall–Kier alpha value is -1.26. The van der Waals surface area contributed by atoms with Gasteiger partial charge >= 0.3 is 0 Å². The highest BCUT2D eigenvalue weighted by molar-refractivity contribution is 5.85. The third-order valence-electron chi connectivity index (χ3n) is 5.00. The van der Waals surface area contributed by atoms with Crippen LogP contribution in [0.1, 0.15) is 28.7 Å². The van der Waals surface area contributed by atoms with E-state index in [4.69, 9.17) is 4.74 Å². The molecule has 0 radical (unpaired) electrons. The Morgan fingerprint density at radius 3 is 2.58 bits per heavy atom. The molecule has 0 amide bonds. The molecule has 5 heteroatoms. The number of ether oxygens (including phenoxy) is 1. The first kappa shape index (κ1) is 19.1. The van der Waals surface area contributed by atoms with E-state index in [1.54, 1.807) is 7.11 Å². The minimum absolute atomic E-state index is 0. The van der Waals surface area contributed by atoms with Crippen LogP contribution in [0.4, 0.5) is 0 Å². The van der Waals surface area contributed by atoms with E-state index in [9.17, 15) is 0 Å². The van der Waals surface area contributed by atoms with Crippen molar-refractivity contribution in [2.24, 2.45) is 0 Å². The molecule has 2 heterocycles. The van der Waals surface area contributed by atoms with Crippen molar-refractivity contribution in [2.45, 2.75) is 12.0 Å². The van der Waals surface area contributed by atoms with Crippen molar-refractivity contribution in [1.29, 1.82) is 0 Å². The van der Waals surface area contributed by atoms with Gasteiger partial charge in [0.25, 0.3) is 0 Å². The summed E-state index contributed by atoms with van der Waals surface area (Å²) in [6.45, 7) is 4.30. The number of methoxy groups -OCH3 is 1. The maximum Gasteiger partial charge on any atom is 0.123 e. The molecule has 2 aromatic carbocycles. The smallest absolute Gasteiger partial charge is 0.123 e. The predicted octanol–water partition coefficient (Wildman–Crippen LogP) is 3.63. The summed E-state index contributed by atoms with van der Waals surface area (Å²) in [5.41, 5.74) is 4.18. The number of hydrogen-bond donors (Lipinski definition) is 1. The van der Waals surface area contributed by atoms with Crippen LogP contribution in [0.25, 0.3) is 0 Å². The topological polar surface area (TPSA) is 24.5 Å². The number of hydrogen-bond acceptors (Lipinski definition) is 3. The van der Waals surface area contributed by atoms with Gasteiger partial charge < -0.3 is 10.1 Å². The highest BCUT2D eigenvalue weighted by Gasteiger charge is 2.36. The van der Waals surface area contributed by atoms with Gasteiger partial charge in [-0.1, -0.05) is 42.5 Å². The summed E-state index contributed by atoms with van der Waals surface area (Å²) >= 11 is 0. The van der Waals surface area contributed by atoms with E-state index in [0.717, 1.165) is 31.9 Å². The molecule has 130 valence electrons. The van der Waals surface area contributed by atoms with Crippen molar-refractivity contribution in [3.63, 3.8) is 0 Å². The second-order valence-corrected chi connectivity index (χ2v) is 6.14. The molecule has 2 aliphatic heterocycles. The standard InChI is InChI=1S/C19H22N2O.2ClH/c1-22-18-9-5-8-15-17-12-20-10-11-21(17)13-16(19(15)18)14-6-3-2-4-7-14;;/h2-9,16-17,20H,10-13H2,1H3;2*1H/t16-,17-;;/m1../s1. The number of fused-ring (bicyclic) bond motifs is 3. The van der Waals surface area contributed by atoms with Crippen molar-refractivity contribution in [2.75, 3.05) is 33.3 Å². The molecule has 3 nitrogen and oxygen atoms in total. The zero-order chi connectivity index (χ0) is 14.9. The van der Waals surface area contributed by atoms with E-state index in [0.29, 0.717) is 12.0 Å². The van der Waals surface area contributed by atoms with E-state index in [-0.39, 0.29) is 24.8 Å². The van der Waals surface area contributed by atoms with Gasteiger partial charge in [0.15, 0.2) is 0 Å². The Morgan fingerprint density at radius 2 is 1.83 bits per heavy atom. The maximum absolute atomic E-state index is 5.71. The molecule has 2 aromatic rings. The first-order valence-electron chi connectivity index (χ1n) is 8.05. The Kier molecular flexibility index (Phi) is 6.53. The van der Waals surface area contributed by atoms with Crippen LogP contribution in [0.5, 0.6) is 5.75 Å². The van der Waals surface area contributed by atoms with Gasteiger partial charge in [-0.05, 0) is 17.2 Å². The molecule has 0 bridgehead atoms. The molecule has 1 N–H and O–H groups in total. The minimum atomic E-state index is 0. The summed E-state index contributed by atoms with van der Waals surface area (Å²) in [5.74, 6) is 1.42. The van der Waals surface area contributed by atoms with Crippen molar-refractivity contribution in [1.82, 2.24) is 10.2 Å². The minimum Gasteiger partial charge on any atom is -0.496 e. The third kappa shape index (κ3) is 3.27. The lowest BCUT2D eigenvalue weighted by molar-refractivity contribution is 0.142. The van der Waals surface area contributed by atoms with Crippen LogP contribution in [0.2, 0.25) is 0 Å². The average molecular weight is 367 g/mol. The Balaban J connectivity index is 0.00000104. The number of piperazine rings is 1. The van der Waals surface area contributed by atoms with E-state index in [1.807, 2.05) is 0 Å². The molecule has 4 rings (SSSR count). The molecule has 1 saturated heterocycles. The molecule has 0 saturated carbocycles. The van der Waals surface area contributed by atoms with Crippen molar-refractivity contribution in [3.05, 3.63) is 65.2 Å². The van der Waals surface area contributed by atoms with Gasteiger partial charge in [0.2, 0.25) is 0 Å². The number of nitrogens with one attached hydrogen (secondary N) is 1. The molecule has 24 heavy (non-hydrogen) atoms. The lowest BCUT2D eigenvalue weighted by Gasteiger charge is -2.44. The average Bonchev–Trinajstić information content (AvgIpc) is 2.61. The molecule has 2 atom stereocenters. The monoisotopic (exact) mass is 366 g/mol. The summed E-state index contributed by atoms with van der Waals surface area (Å²) in [4.78, 5) is 2.62. The van der Waals surface area contributed by atoms with Gasteiger partial charge in [-0.2, -0.15) is 0 Å². The van der Waals surface area contributed by atoms with Gasteiger partial charge in [0.05, 0.1) is 7.11 Å². The lowest BCUT2D eigenvalue weighted by Crippen LogP contribution is -2.50. The van der Waals surface area contributed by atoms with Crippen LogP contribution in [-0.4, -0.2) is 38.2 Å². The summed E-state index contributed by atoms with van der Waals surface area (Å²) in [6.07, 6.45) is 0. The van der Waals surface area contributed by atoms with Gasteiger partial charge in [0.1, 0.15) is 5.75 Å². The van der Waals surface area contributed by atoms with Crippen molar-refractivity contribution in [3.8, 4) is 5.75 Å². The summed E-state index contributed by atoms with van der Waals surface area (Å²) in [7, 11) is 1.78. The fraction of sp³-hybridized carbons (Fsp3) is 0.368. The molecule has 0 spiro atoms. The molecule has 0 aliphatic carbocycles. The largest absolute Gasteiger partial charge is 0.496 e. The van der Waals surface area contributed by atoms with Crippen LogP contribution in [0.15, 0.2) is 48.5 Å². The molecule has 0 aromatic heterocycles. The van der Waals surface area contributed by atoms with Gasteiger partial charge in [-0.25, -0.2) is 0 Å². The van der Waals surface area contributed by atoms with Crippen LogP contribution < -0.4 is 10.1 Å². The van der Waals surface area contributed by atoms with Crippen molar-refractivity contribution >= 4 is 24.8 Å². The zero-order valence-electron chi connectivity index (χ0n) is 13.8. The number of halogens is 2. The summed E-state index contributed by atoms with van der Waals surface area (Å²) in [5, 5.41) is 3.53. The SMILES string of the molecule is COc1cccc2c1[C@@H](c1ccccc1)CN1CCNC[C@H]21.Cl.Cl. The maximum atomic E-state index is 5.71. The summed E-state index contributed by atoms with van der Waals surface area (Å²) < 4.78 is 5.71. The predicted molar refractivity (Wildman–Crippen MR) is 103 cm³/mol. The first-order chi connectivity index (χ1) is 10.9. The molecular weight excluding hydrogens is 343 g/mol. The number of nitrogens with zero attached hydrogens (tertiary/aromatic N) is 1. The van der Waals surface area contributed by atoms with Gasteiger partial charge in [-0.3, -0.25) is 4.90 Å². The summed E-state index contributed by atoms with van der Waals surface area (Å²) in [6, 6.07) is 17.8. The highest BCUT2D eigenvalue weighted by atomic mass is 35.5. The second-order valence-electron chi connectivity index (χ2n) is 6.14. The van der Waals surface area contributed by atoms with E-state index in [1.165, 1.54) is 16.7 Å². The van der Waals surface area contributed by atoms with Gasteiger partial charge in [-0.15, -0.1) is 24.8 Å².